The van der Waals surface area contributed by atoms with Crippen LogP contribution >= 0.6 is 11.6 Å². The third-order valence-corrected chi connectivity index (χ3v) is 2.84. The minimum Gasteiger partial charge on any atom is -0.739 e. The molecule has 1 aromatic rings. The van der Waals surface area contributed by atoms with Crippen LogP contribution in [-0.4, -0.2) is 26.1 Å². The second-order valence-corrected chi connectivity index (χ2v) is 4.27. The van der Waals surface area contributed by atoms with Crippen molar-refractivity contribution in [2.45, 2.75) is 11.8 Å². The molecule has 0 amide bonds. The molecule has 0 spiro atoms. The molecule has 1 aliphatic heterocycles. The Morgan fingerprint density at radius 1 is 1.53 bits per heavy atom. The highest BCUT2D eigenvalue weighted by molar-refractivity contribution is 6.22. The number of fused-ring (bicyclic) bond motifs is 1. The van der Waals surface area contributed by atoms with E-state index < -0.39 is 0 Å². The van der Waals surface area contributed by atoms with E-state index in [4.69, 9.17) is 11.6 Å². The zero-order valence-electron chi connectivity index (χ0n) is 8.75. The lowest BCUT2D eigenvalue weighted by Crippen LogP contribution is -2.45. The highest BCUT2D eigenvalue weighted by Gasteiger charge is 2.20. The lowest BCUT2D eigenvalue weighted by Gasteiger charge is -2.39. The molecule has 0 saturated heterocycles. The average molecular weight is 251 g/mol. The van der Waals surface area contributed by atoms with Crippen LogP contribution in [0.5, 0.6) is 0 Å². The summed E-state index contributed by atoms with van der Waals surface area (Å²) in [5.74, 6) is 0.425. The number of nitrogens with one attached hydrogen (secondary N) is 1. The second-order valence-electron chi connectivity index (χ2n) is 3.70. The van der Waals surface area contributed by atoms with Crippen molar-refractivity contribution in [1.82, 2.24) is 20.1 Å². The molecule has 1 N–H and O–H groups in total. The molecule has 0 fully saturated rings. The van der Waals surface area contributed by atoms with Gasteiger partial charge in [0, 0.05) is 12.4 Å². The first kappa shape index (κ1) is 10.4. The monoisotopic (exact) mass is 250 g/mol. The lowest BCUT2D eigenvalue weighted by atomic mass is 10.1. The van der Waals surface area contributed by atoms with Crippen LogP contribution < -0.4 is 5.43 Å². The number of hydrogen-bond acceptors (Lipinski definition) is 5. The molecule has 0 aromatic carbocycles. The molecule has 7 heteroatoms. The van der Waals surface area contributed by atoms with E-state index in [0.717, 1.165) is 0 Å². The number of rotatable bonds is 0. The molecule has 1 unspecified atom stereocenters. The van der Waals surface area contributed by atoms with Crippen LogP contribution in [0.1, 0.15) is 6.42 Å². The van der Waals surface area contributed by atoms with E-state index in [-0.39, 0.29) is 5.38 Å². The van der Waals surface area contributed by atoms with Gasteiger partial charge in [0.1, 0.15) is 6.33 Å². The largest absolute Gasteiger partial charge is 0.739 e. The van der Waals surface area contributed by atoms with Crippen LogP contribution in [0.2, 0.25) is 0 Å². The Kier molecular flexibility index (Phi) is 2.38. The quantitative estimate of drug-likeness (QED) is 0.702. The molecule has 2 aliphatic rings. The number of hydrazine groups is 1. The predicted molar refractivity (Wildman–Crippen MR) is 63.8 cm³/mol. The van der Waals surface area contributed by atoms with Crippen LogP contribution in [0.4, 0.5) is 0 Å². The molecule has 88 valence electrons. The minimum atomic E-state index is -0.156. The third kappa shape index (κ3) is 1.81. The maximum absolute atomic E-state index is 11.8. The van der Waals surface area contributed by atoms with Gasteiger partial charge in [-0.1, -0.05) is 6.08 Å². The number of hydrogen-bond donors (Lipinski definition) is 1. The van der Waals surface area contributed by atoms with Gasteiger partial charge < -0.3 is 10.4 Å². The number of imidazole rings is 1. The van der Waals surface area contributed by atoms with Crippen molar-refractivity contribution in [2.24, 2.45) is 4.99 Å². The molecular weight excluding hydrogens is 242 g/mol. The van der Waals surface area contributed by atoms with Gasteiger partial charge in [-0.25, -0.2) is 9.98 Å². The third-order valence-electron chi connectivity index (χ3n) is 2.53. The zero-order valence-corrected chi connectivity index (χ0v) is 9.50. The van der Waals surface area contributed by atoms with Crippen molar-refractivity contribution in [3.63, 3.8) is 0 Å². The number of hydroxylamine groups is 1. The molecular formula is C10H9ClN5O-. The summed E-state index contributed by atoms with van der Waals surface area (Å²) in [6.45, 7) is 0. The Morgan fingerprint density at radius 2 is 2.41 bits per heavy atom. The van der Waals surface area contributed by atoms with Gasteiger partial charge >= 0.3 is 0 Å². The fraction of sp³-hybridized carbons (Fsp3) is 0.200. The molecule has 0 radical (unpaired) electrons. The minimum absolute atomic E-state index is 0.156. The summed E-state index contributed by atoms with van der Waals surface area (Å²) in [7, 11) is 0. The van der Waals surface area contributed by atoms with Crippen molar-refractivity contribution in [3.05, 3.63) is 47.5 Å². The van der Waals surface area contributed by atoms with E-state index in [9.17, 15) is 5.21 Å². The lowest BCUT2D eigenvalue weighted by molar-refractivity contribution is 0.403. The van der Waals surface area contributed by atoms with Gasteiger partial charge in [-0.05, 0) is 12.5 Å². The Hall–Kier alpha value is -1.79. The SMILES string of the molecule is [O-]N1NC(n2ccnc2)=NC2=CCC(Cl)C=C21. The molecule has 1 aliphatic carbocycles. The van der Waals surface area contributed by atoms with Gasteiger partial charge in [0.05, 0.1) is 16.8 Å². The van der Waals surface area contributed by atoms with Crippen molar-refractivity contribution in [2.75, 3.05) is 0 Å². The summed E-state index contributed by atoms with van der Waals surface area (Å²) in [6, 6.07) is 0. The molecule has 6 nitrogen and oxygen atoms in total. The smallest absolute Gasteiger partial charge is 0.227 e. The summed E-state index contributed by atoms with van der Waals surface area (Å²) in [5, 5.41) is 12.3. The highest BCUT2D eigenvalue weighted by atomic mass is 35.5. The summed E-state index contributed by atoms with van der Waals surface area (Å²) < 4.78 is 1.63. The summed E-state index contributed by atoms with van der Waals surface area (Å²) in [5.41, 5.74) is 3.72. The fourth-order valence-corrected chi connectivity index (χ4v) is 1.93. The van der Waals surface area contributed by atoms with E-state index in [2.05, 4.69) is 15.4 Å². The van der Waals surface area contributed by atoms with E-state index in [1.165, 1.54) is 0 Å². The first-order valence-corrected chi connectivity index (χ1v) is 5.55. The first-order chi connectivity index (χ1) is 8.24. The van der Waals surface area contributed by atoms with E-state index in [1.54, 1.807) is 29.4 Å². The van der Waals surface area contributed by atoms with Gasteiger partial charge in [-0.15, -0.1) is 11.6 Å². The van der Waals surface area contributed by atoms with Crippen LogP contribution in [0, 0.1) is 5.21 Å². The summed E-state index contributed by atoms with van der Waals surface area (Å²) >= 11 is 5.96. The fourth-order valence-electron chi connectivity index (χ4n) is 1.72. The van der Waals surface area contributed by atoms with Crippen LogP contribution in [0.25, 0.3) is 0 Å². The molecule has 2 heterocycles. The second kappa shape index (κ2) is 3.90. The summed E-state index contributed by atoms with van der Waals surface area (Å²) in [4.78, 5) is 8.26. The standard InChI is InChI=1S/C10H9ClN5O/c11-7-1-2-8-9(5-7)16(17)14-10(13-8)15-4-3-12-6-15/h2-7H,1H2,(H,13,14)/q-1. The van der Waals surface area contributed by atoms with Gasteiger partial charge in [-0.2, -0.15) is 0 Å². The van der Waals surface area contributed by atoms with Gasteiger partial charge in [0.15, 0.2) is 0 Å². The maximum Gasteiger partial charge on any atom is 0.227 e. The molecule has 17 heavy (non-hydrogen) atoms. The topological polar surface area (TPSA) is 68.5 Å². The van der Waals surface area contributed by atoms with Crippen LogP contribution in [0.3, 0.4) is 0 Å². The van der Waals surface area contributed by atoms with Gasteiger partial charge in [0.25, 0.3) is 0 Å². The van der Waals surface area contributed by atoms with E-state index in [0.29, 0.717) is 28.9 Å². The Labute approximate surface area is 102 Å². The Morgan fingerprint density at radius 3 is 3.18 bits per heavy atom. The molecule has 1 atom stereocenters. The first-order valence-electron chi connectivity index (χ1n) is 5.11. The number of alkyl halides is 1. The predicted octanol–water partition coefficient (Wildman–Crippen LogP) is 1.18. The highest BCUT2D eigenvalue weighted by Crippen LogP contribution is 2.26. The van der Waals surface area contributed by atoms with Gasteiger partial charge in [0.2, 0.25) is 5.96 Å². The van der Waals surface area contributed by atoms with Crippen LogP contribution in [-0.2, 0) is 0 Å². The average Bonchev–Trinajstić information content (AvgIpc) is 2.83. The van der Waals surface area contributed by atoms with E-state index in [1.807, 2.05) is 6.08 Å². The van der Waals surface area contributed by atoms with Gasteiger partial charge in [-0.3, -0.25) is 9.99 Å². The zero-order chi connectivity index (χ0) is 11.8. The maximum atomic E-state index is 11.8. The number of aliphatic imine (C=N–C) groups is 1. The van der Waals surface area contributed by atoms with Crippen molar-refractivity contribution >= 4 is 17.6 Å². The van der Waals surface area contributed by atoms with Crippen LogP contribution in [0.15, 0.2) is 47.3 Å². The Balaban J connectivity index is 2.00. The number of halogens is 1. The van der Waals surface area contributed by atoms with Crippen molar-refractivity contribution < 1.29 is 0 Å². The molecule has 0 bridgehead atoms. The van der Waals surface area contributed by atoms with Crippen molar-refractivity contribution in [1.29, 1.82) is 0 Å². The summed E-state index contributed by atoms with van der Waals surface area (Å²) in [6.07, 6.45) is 9.13. The number of allylic oxidation sites excluding steroid dienone is 2. The van der Waals surface area contributed by atoms with E-state index >= 15 is 0 Å². The number of nitrogens with zero attached hydrogens (tertiary/aromatic N) is 4. The molecule has 1 aromatic heterocycles. The molecule has 3 rings (SSSR count). The number of aromatic nitrogens is 2. The van der Waals surface area contributed by atoms with Crippen molar-refractivity contribution in [3.8, 4) is 0 Å². The normalized spacial score (nSPS) is 23.3. The molecule has 0 saturated carbocycles. The Bertz CT molecular complexity index is 519.